The predicted molar refractivity (Wildman–Crippen MR) is 124 cm³/mol. The second kappa shape index (κ2) is 16.1. The van der Waals surface area contributed by atoms with Gasteiger partial charge in [0.15, 0.2) is 5.03 Å². The number of hydrogen-bond acceptors (Lipinski definition) is 8. The largest absolute Gasteiger partial charge is 3.00 e. The normalized spacial score (nSPS) is 10.7. The van der Waals surface area contributed by atoms with Gasteiger partial charge in [0.25, 0.3) is 0 Å². The van der Waals surface area contributed by atoms with E-state index in [-0.39, 0.29) is 165 Å². The van der Waals surface area contributed by atoms with Crippen LogP contribution in [0.15, 0.2) is 95.0 Å². The summed E-state index contributed by atoms with van der Waals surface area (Å²) in [6, 6.07) is 22.3. The van der Waals surface area contributed by atoms with Crippen LogP contribution >= 0.6 is 0 Å². The maximum Gasteiger partial charge on any atom is 3.00 e. The smallest absolute Gasteiger partial charge is 0.744 e. The van der Waals surface area contributed by atoms with Crippen LogP contribution in [-0.4, -0.2) is 35.9 Å². The molecule has 0 N–H and O–H groups in total. The van der Waals surface area contributed by atoms with E-state index in [1.807, 2.05) is 30.3 Å². The summed E-state index contributed by atoms with van der Waals surface area (Å²) >= 11 is 0. The van der Waals surface area contributed by atoms with Gasteiger partial charge in [0.2, 0.25) is 0 Å². The number of hydrogen-bond donors (Lipinski definition) is 0. The summed E-state index contributed by atoms with van der Waals surface area (Å²) in [6.45, 7) is 0. The first-order chi connectivity index (χ1) is 16.2. The fourth-order valence-electron chi connectivity index (χ4n) is 4.06. The van der Waals surface area contributed by atoms with E-state index in [1.54, 1.807) is 36.4 Å². The molecule has 0 aliphatic carbocycles. The monoisotopic (exact) mass is 684 g/mol. The maximum atomic E-state index is 12.2. The molecule has 15 heteroatoms. The minimum Gasteiger partial charge on any atom is -0.744 e. The zero-order valence-corrected chi connectivity index (χ0v) is 33.0. The second-order valence-corrected chi connectivity index (χ2v) is 10.1. The van der Waals surface area contributed by atoms with Crippen LogP contribution in [0.3, 0.4) is 0 Å². The van der Waals surface area contributed by atoms with Gasteiger partial charge in [-0.15, -0.1) is 0 Å². The van der Waals surface area contributed by atoms with Gasteiger partial charge in [-0.05, 0) is 22.8 Å². The zero-order chi connectivity index (χ0) is 24.1. The van der Waals surface area contributed by atoms with Gasteiger partial charge in [-0.1, -0.05) is 72.8 Å². The first-order valence-corrected chi connectivity index (χ1v) is 12.8. The van der Waals surface area contributed by atoms with Crippen molar-refractivity contribution in [2.75, 3.05) is 0 Å². The summed E-state index contributed by atoms with van der Waals surface area (Å²) in [4.78, 5) is 7.11. The Bertz CT molecular complexity index is 1810. The molecular weight excluding hydrogens is 669 g/mol. The van der Waals surface area contributed by atoms with Gasteiger partial charge < -0.3 is 9.11 Å². The number of aromatic nitrogens is 2. The molecule has 2 heterocycles. The van der Waals surface area contributed by atoms with Gasteiger partial charge in [-0.2, -0.15) is 0 Å². The Morgan fingerprint density at radius 2 is 1.10 bits per heavy atom. The van der Waals surface area contributed by atoms with Crippen LogP contribution in [-0.2, 0) is 39.7 Å². The molecule has 0 amide bonds. The van der Waals surface area contributed by atoms with Crippen molar-refractivity contribution in [3.63, 3.8) is 0 Å². The van der Waals surface area contributed by atoms with Crippen molar-refractivity contribution in [2.24, 2.45) is 0 Å². The number of rotatable bonds is 4. The minimum atomic E-state index is -5.44. The Morgan fingerprint density at radius 1 is 0.590 bits per heavy atom. The molecule has 8 nitrogen and oxygen atoms in total. The van der Waals surface area contributed by atoms with Gasteiger partial charge in [0, 0.05) is 22.5 Å². The van der Waals surface area contributed by atoms with E-state index >= 15 is 0 Å². The molecule has 0 saturated heterocycles. The molecule has 0 bridgehead atoms. The standard InChI is InChI=1S/C24H16N2O6S2.4Na.Ru/c27-33(28,29)23-20(16-9-5-2-6-10-16)19-12-11-18-17(15-7-3-1-4-8-15)13-14-25-21(18)22(19)26-24(23)34(30,31)32;;;;;/h1-14H,(H,27,28,29)(H,30,31,32);;;;;/q;4*+1;+3/p-2. The molecule has 2 aromatic heterocycles. The van der Waals surface area contributed by atoms with Crippen LogP contribution in [0.2, 0.25) is 0 Å². The number of pyridine rings is 2. The molecular formula is C24H14N2Na4O6RuS2+5. The van der Waals surface area contributed by atoms with Gasteiger partial charge in [0.1, 0.15) is 20.2 Å². The Hall–Kier alpha value is 0.923. The third-order valence-corrected chi connectivity index (χ3v) is 7.22. The molecule has 0 unspecified atom stereocenters. The molecule has 0 aliphatic rings. The molecule has 175 valence electrons. The fourth-order valence-corrected chi connectivity index (χ4v) is 5.94. The third kappa shape index (κ3) is 8.31. The van der Waals surface area contributed by atoms with E-state index in [1.165, 1.54) is 18.3 Å². The predicted octanol–water partition coefficient (Wildman–Crippen LogP) is -8.06. The molecule has 5 aromatic rings. The van der Waals surface area contributed by atoms with Crippen molar-refractivity contribution in [3.05, 3.63) is 85.1 Å². The van der Waals surface area contributed by atoms with E-state index < -0.39 is 30.2 Å². The summed E-state index contributed by atoms with van der Waals surface area (Å²) in [5.74, 6) is 0. The van der Waals surface area contributed by atoms with Gasteiger partial charge in [-0.3, -0.25) is 4.98 Å². The summed E-state index contributed by atoms with van der Waals surface area (Å²) in [5.41, 5.74) is 1.94. The van der Waals surface area contributed by atoms with Crippen molar-refractivity contribution in [2.45, 2.75) is 9.92 Å². The van der Waals surface area contributed by atoms with Crippen LogP contribution in [0.25, 0.3) is 44.1 Å². The quantitative estimate of drug-likeness (QED) is 0.104. The summed E-state index contributed by atoms with van der Waals surface area (Å²) in [6.07, 6.45) is 1.51. The van der Waals surface area contributed by atoms with Crippen LogP contribution in [0, 0.1) is 0 Å². The number of nitrogens with zero attached hydrogens (tertiary/aromatic N) is 2. The Kier molecular flexibility index (Phi) is 16.5. The van der Waals surface area contributed by atoms with Crippen molar-refractivity contribution in [1.82, 2.24) is 9.97 Å². The van der Waals surface area contributed by atoms with E-state index in [4.69, 9.17) is 0 Å². The summed E-state index contributed by atoms with van der Waals surface area (Å²) in [7, 11) is -10.8. The molecule has 1 radical (unpaired) electrons. The van der Waals surface area contributed by atoms with Crippen LogP contribution in [0.4, 0.5) is 0 Å². The van der Waals surface area contributed by atoms with Gasteiger partial charge in [-0.25, -0.2) is 21.8 Å². The van der Waals surface area contributed by atoms with E-state index in [2.05, 4.69) is 9.97 Å². The van der Waals surface area contributed by atoms with Crippen LogP contribution in [0.1, 0.15) is 0 Å². The molecule has 5 rings (SSSR count). The average Bonchev–Trinajstić information content (AvgIpc) is 2.82. The summed E-state index contributed by atoms with van der Waals surface area (Å²) in [5, 5.41) is -0.550. The topological polar surface area (TPSA) is 140 Å². The second-order valence-electron chi connectivity index (χ2n) is 7.48. The molecule has 0 saturated carbocycles. The Labute approximate surface area is 327 Å². The SMILES string of the molecule is O=S(=O)([O-])c1nc2c(ccc3c(-c4ccccc4)ccnc32)c(-c2ccccc2)c1S(=O)(=O)[O-].[Na+].[Na+].[Na+].[Na+].[Ru+3]. The van der Waals surface area contributed by atoms with Gasteiger partial charge in [0.05, 0.1) is 15.9 Å². The molecule has 0 fully saturated rings. The fraction of sp³-hybridized carbons (Fsp3) is 0. The first kappa shape index (κ1) is 39.9. The molecule has 39 heavy (non-hydrogen) atoms. The minimum absolute atomic E-state index is 0. The third-order valence-electron chi connectivity index (χ3n) is 5.42. The molecule has 0 aliphatic heterocycles. The van der Waals surface area contributed by atoms with Crippen molar-refractivity contribution in [1.29, 1.82) is 0 Å². The van der Waals surface area contributed by atoms with E-state index in [0.717, 1.165) is 11.1 Å². The van der Waals surface area contributed by atoms with Gasteiger partial charge >= 0.3 is 138 Å². The number of benzene rings is 3. The van der Waals surface area contributed by atoms with E-state index in [9.17, 15) is 25.9 Å². The van der Waals surface area contributed by atoms with Crippen molar-refractivity contribution >= 4 is 42.0 Å². The average molecular weight is 684 g/mol. The van der Waals surface area contributed by atoms with Crippen LogP contribution in [0.5, 0.6) is 0 Å². The van der Waals surface area contributed by atoms with Crippen molar-refractivity contribution < 1.29 is 164 Å². The maximum absolute atomic E-state index is 12.2. The summed E-state index contributed by atoms with van der Waals surface area (Å²) < 4.78 is 73.0. The number of fused-ring (bicyclic) bond motifs is 3. The van der Waals surface area contributed by atoms with E-state index in [0.29, 0.717) is 5.39 Å². The Balaban J connectivity index is 0.00000289. The molecule has 0 atom stereocenters. The van der Waals surface area contributed by atoms with Crippen molar-refractivity contribution in [3.8, 4) is 22.3 Å². The molecule has 3 aromatic carbocycles. The Morgan fingerprint density at radius 3 is 1.62 bits per heavy atom. The zero-order valence-electron chi connectivity index (χ0n) is 21.6. The first-order valence-electron chi connectivity index (χ1n) is 9.94. The van der Waals surface area contributed by atoms with Crippen LogP contribution < -0.4 is 118 Å². The molecule has 0 spiro atoms.